The number of nitrogens with zero attached hydrogens (tertiary/aromatic N) is 1. The van der Waals surface area contributed by atoms with Gasteiger partial charge in [-0.3, -0.25) is 11.1 Å². The topological polar surface area (TPSA) is 61.5 Å². The lowest BCUT2D eigenvalue weighted by atomic mass is 9.94. The molecular weight excluding hydrogens is 178 g/mol. The Labute approximate surface area is 86.5 Å². The highest BCUT2D eigenvalue weighted by Gasteiger charge is 2.16. The second kappa shape index (κ2) is 6.35. The summed E-state index contributed by atoms with van der Waals surface area (Å²) in [5, 5.41) is 11.6. The van der Waals surface area contributed by atoms with Gasteiger partial charge in [0.1, 0.15) is 0 Å². The van der Waals surface area contributed by atoms with Gasteiger partial charge in [-0.15, -0.1) is 0 Å². The van der Waals surface area contributed by atoms with Gasteiger partial charge < -0.3 is 10.0 Å². The molecule has 14 heavy (non-hydrogen) atoms. The molecule has 4 N–H and O–H groups in total. The summed E-state index contributed by atoms with van der Waals surface area (Å²) in [4.78, 5) is 2.43. The van der Waals surface area contributed by atoms with E-state index in [0.29, 0.717) is 0 Å². The van der Waals surface area contributed by atoms with Crippen LogP contribution in [0, 0.1) is 5.92 Å². The molecule has 1 atom stereocenters. The van der Waals surface area contributed by atoms with Gasteiger partial charge in [-0.25, -0.2) is 0 Å². The van der Waals surface area contributed by atoms with E-state index in [2.05, 4.69) is 17.1 Å². The lowest BCUT2D eigenvalue weighted by Crippen LogP contribution is -2.43. The summed E-state index contributed by atoms with van der Waals surface area (Å²) in [7, 11) is 0. The standard InChI is InChI=1S/C10H23N3O/c1-2-9-3-6-13(7-4-9)8-5-12-10(11)14/h9-10,12,14H,2-8,11H2,1H3. The molecular formula is C10H23N3O. The van der Waals surface area contributed by atoms with Crippen LogP contribution in [0.25, 0.3) is 0 Å². The average molecular weight is 201 g/mol. The van der Waals surface area contributed by atoms with Crippen molar-refractivity contribution in [3.63, 3.8) is 0 Å². The Balaban J connectivity index is 2.04. The smallest absolute Gasteiger partial charge is 0.157 e. The summed E-state index contributed by atoms with van der Waals surface area (Å²) in [6.45, 7) is 6.42. The third-order valence-corrected chi connectivity index (χ3v) is 3.07. The minimum absolute atomic E-state index is 0.772. The number of nitrogens with two attached hydrogens (primary N) is 1. The van der Waals surface area contributed by atoms with Crippen LogP contribution in [0.2, 0.25) is 0 Å². The molecule has 1 rings (SSSR count). The van der Waals surface area contributed by atoms with Gasteiger partial charge in [0.25, 0.3) is 0 Å². The van der Waals surface area contributed by atoms with E-state index < -0.39 is 6.35 Å². The number of aliphatic hydroxyl groups is 1. The minimum Gasteiger partial charge on any atom is -0.366 e. The van der Waals surface area contributed by atoms with Crippen molar-refractivity contribution >= 4 is 0 Å². The Morgan fingerprint density at radius 2 is 2.14 bits per heavy atom. The highest BCUT2D eigenvalue weighted by molar-refractivity contribution is 4.71. The van der Waals surface area contributed by atoms with Gasteiger partial charge in [0.15, 0.2) is 6.35 Å². The van der Waals surface area contributed by atoms with Gasteiger partial charge in [-0.05, 0) is 31.8 Å². The van der Waals surface area contributed by atoms with E-state index >= 15 is 0 Å². The fraction of sp³-hybridized carbons (Fsp3) is 1.00. The quantitative estimate of drug-likeness (QED) is 0.545. The molecule has 4 heteroatoms. The number of nitrogens with one attached hydrogen (secondary N) is 1. The molecule has 1 aliphatic heterocycles. The number of hydrogen-bond donors (Lipinski definition) is 3. The van der Waals surface area contributed by atoms with E-state index in [1.807, 2.05) is 0 Å². The molecule has 1 aliphatic rings. The summed E-state index contributed by atoms with van der Waals surface area (Å²) in [6.07, 6.45) is 3.08. The first-order chi connectivity index (χ1) is 6.72. The highest BCUT2D eigenvalue weighted by atomic mass is 16.3. The second-order valence-corrected chi connectivity index (χ2v) is 4.09. The Bertz CT molecular complexity index is 144. The van der Waals surface area contributed by atoms with Crippen molar-refractivity contribution in [1.82, 2.24) is 10.2 Å². The van der Waals surface area contributed by atoms with Crippen molar-refractivity contribution in [2.24, 2.45) is 11.7 Å². The summed E-state index contributed by atoms with van der Waals surface area (Å²) in [5.41, 5.74) is 5.18. The highest BCUT2D eigenvalue weighted by Crippen LogP contribution is 2.19. The molecule has 1 heterocycles. The first kappa shape index (κ1) is 11.9. The van der Waals surface area contributed by atoms with Gasteiger partial charge in [0.2, 0.25) is 0 Å². The first-order valence-corrected chi connectivity index (χ1v) is 5.61. The van der Waals surface area contributed by atoms with Crippen LogP contribution in [0.3, 0.4) is 0 Å². The normalized spacial score (nSPS) is 22.5. The molecule has 1 unspecified atom stereocenters. The fourth-order valence-electron chi connectivity index (χ4n) is 1.99. The molecule has 1 fully saturated rings. The Kier molecular flexibility index (Phi) is 5.40. The van der Waals surface area contributed by atoms with Gasteiger partial charge in [0, 0.05) is 13.1 Å². The monoisotopic (exact) mass is 201 g/mol. The third kappa shape index (κ3) is 4.37. The van der Waals surface area contributed by atoms with Gasteiger partial charge >= 0.3 is 0 Å². The van der Waals surface area contributed by atoms with Gasteiger partial charge in [0.05, 0.1) is 0 Å². The van der Waals surface area contributed by atoms with Crippen LogP contribution in [0.4, 0.5) is 0 Å². The predicted octanol–water partition coefficient (Wildman–Crippen LogP) is -0.0674. The number of rotatable bonds is 5. The van der Waals surface area contributed by atoms with Crippen LogP contribution in [0.5, 0.6) is 0 Å². The zero-order valence-electron chi connectivity index (χ0n) is 9.08. The SMILES string of the molecule is CCC1CCN(CCNC(N)O)CC1. The molecule has 0 aliphatic carbocycles. The molecule has 0 aromatic heterocycles. The number of hydrogen-bond acceptors (Lipinski definition) is 4. The molecule has 0 aromatic rings. The van der Waals surface area contributed by atoms with Gasteiger partial charge in [-0.1, -0.05) is 13.3 Å². The minimum atomic E-state index is -0.872. The molecule has 0 aromatic carbocycles. The lowest BCUT2D eigenvalue weighted by molar-refractivity contribution is 0.129. The first-order valence-electron chi connectivity index (χ1n) is 5.61. The average Bonchev–Trinajstić information content (AvgIpc) is 2.18. The summed E-state index contributed by atoms with van der Waals surface area (Å²) < 4.78 is 0. The van der Waals surface area contributed by atoms with E-state index in [1.165, 1.54) is 32.4 Å². The van der Waals surface area contributed by atoms with Crippen LogP contribution < -0.4 is 11.1 Å². The van der Waals surface area contributed by atoms with Crippen molar-refractivity contribution in [2.45, 2.75) is 32.5 Å². The zero-order chi connectivity index (χ0) is 10.4. The lowest BCUT2D eigenvalue weighted by Gasteiger charge is -2.31. The number of aliphatic hydroxyl groups excluding tert-OH is 1. The molecule has 4 nitrogen and oxygen atoms in total. The molecule has 1 saturated heterocycles. The summed E-state index contributed by atoms with van der Waals surface area (Å²) in [6, 6.07) is 0. The maximum absolute atomic E-state index is 8.81. The van der Waals surface area contributed by atoms with Crippen molar-refractivity contribution in [2.75, 3.05) is 26.2 Å². The molecule has 84 valence electrons. The zero-order valence-corrected chi connectivity index (χ0v) is 9.08. The molecule has 0 amide bonds. The van der Waals surface area contributed by atoms with Crippen LogP contribution in [-0.4, -0.2) is 42.5 Å². The van der Waals surface area contributed by atoms with E-state index in [1.54, 1.807) is 0 Å². The number of likely N-dealkylation sites (tertiary alicyclic amines) is 1. The fourth-order valence-corrected chi connectivity index (χ4v) is 1.99. The van der Waals surface area contributed by atoms with Crippen molar-refractivity contribution in [3.8, 4) is 0 Å². The van der Waals surface area contributed by atoms with Crippen molar-refractivity contribution < 1.29 is 5.11 Å². The number of piperidine rings is 1. The maximum atomic E-state index is 8.81. The summed E-state index contributed by atoms with van der Waals surface area (Å²) >= 11 is 0. The van der Waals surface area contributed by atoms with E-state index in [4.69, 9.17) is 10.8 Å². The third-order valence-electron chi connectivity index (χ3n) is 3.07. The Morgan fingerprint density at radius 3 is 2.64 bits per heavy atom. The van der Waals surface area contributed by atoms with Crippen LogP contribution in [0.1, 0.15) is 26.2 Å². The van der Waals surface area contributed by atoms with E-state index in [9.17, 15) is 0 Å². The molecule has 0 saturated carbocycles. The molecule has 0 bridgehead atoms. The molecule has 0 spiro atoms. The van der Waals surface area contributed by atoms with E-state index in [0.717, 1.165) is 19.0 Å². The second-order valence-electron chi connectivity index (χ2n) is 4.09. The van der Waals surface area contributed by atoms with Crippen LogP contribution in [0.15, 0.2) is 0 Å². The van der Waals surface area contributed by atoms with Gasteiger partial charge in [-0.2, -0.15) is 0 Å². The maximum Gasteiger partial charge on any atom is 0.157 e. The largest absolute Gasteiger partial charge is 0.366 e. The predicted molar refractivity (Wildman–Crippen MR) is 57.7 cm³/mol. The molecule has 0 radical (unpaired) electrons. The van der Waals surface area contributed by atoms with E-state index in [-0.39, 0.29) is 0 Å². The van der Waals surface area contributed by atoms with Crippen molar-refractivity contribution in [3.05, 3.63) is 0 Å². The van der Waals surface area contributed by atoms with Crippen LogP contribution in [-0.2, 0) is 0 Å². The van der Waals surface area contributed by atoms with Crippen LogP contribution >= 0.6 is 0 Å². The van der Waals surface area contributed by atoms with Crippen molar-refractivity contribution in [1.29, 1.82) is 0 Å². The Morgan fingerprint density at radius 1 is 1.50 bits per heavy atom. The summed E-state index contributed by atoms with van der Waals surface area (Å²) in [5.74, 6) is 0.930. The Hall–Kier alpha value is -0.160.